The molecule has 0 saturated heterocycles. The van der Waals surface area contributed by atoms with Crippen LogP contribution in [0.4, 0.5) is 0 Å². The molecule has 1 aromatic carbocycles. The molecule has 0 aliphatic carbocycles. The fourth-order valence-corrected chi connectivity index (χ4v) is 1.66. The lowest BCUT2D eigenvalue weighted by molar-refractivity contribution is 0.0955. The molecule has 2 aromatic rings. The summed E-state index contributed by atoms with van der Waals surface area (Å²) in [5.74, 6) is 1.10. The topological polar surface area (TPSA) is 63.8 Å². The predicted molar refractivity (Wildman–Crippen MR) is 80.6 cm³/mol. The molecule has 0 aliphatic rings. The summed E-state index contributed by atoms with van der Waals surface area (Å²) in [4.78, 5) is 12.0. The van der Waals surface area contributed by atoms with E-state index in [0.717, 1.165) is 12.2 Å². The molecule has 0 fully saturated rings. The lowest BCUT2D eigenvalue weighted by atomic mass is 10.2. The molecule has 0 unspecified atom stereocenters. The van der Waals surface area contributed by atoms with Gasteiger partial charge in [-0.1, -0.05) is 6.92 Å². The van der Waals surface area contributed by atoms with Crippen LogP contribution in [0.15, 0.2) is 52.2 Å². The summed E-state index contributed by atoms with van der Waals surface area (Å²) in [5, 5.41) is 4.01. The number of furan rings is 1. The van der Waals surface area contributed by atoms with Crippen molar-refractivity contribution in [3.63, 3.8) is 0 Å². The number of hydrogen-bond acceptors (Lipinski definition) is 4. The Bertz CT molecular complexity index is 601. The van der Waals surface area contributed by atoms with Gasteiger partial charge >= 0.3 is 0 Å². The maximum Gasteiger partial charge on any atom is 0.271 e. The number of rotatable bonds is 6. The van der Waals surface area contributed by atoms with Crippen LogP contribution in [0.3, 0.4) is 0 Å². The van der Waals surface area contributed by atoms with Crippen LogP contribution in [0.2, 0.25) is 0 Å². The van der Waals surface area contributed by atoms with Crippen molar-refractivity contribution in [1.29, 1.82) is 0 Å². The van der Waals surface area contributed by atoms with Gasteiger partial charge in [-0.15, -0.1) is 0 Å². The molecule has 1 heterocycles. The van der Waals surface area contributed by atoms with E-state index in [1.165, 1.54) is 0 Å². The summed E-state index contributed by atoms with van der Waals surface area (Å²) in [6.45, 7) is 4.47. The second kappa shape index (κ2) is 7.28. The van der Waals surface area contributed by atoms with E-state index in [0.29, 0.717) is 23.6 Å². The van der Waals surface area contributed by atoms with Crippen molar-refractivity contribution in [2.24, 2.45) is 5.10 Å². The summed E-state index contributed by atoms with van der Waals surface area (Å²) in [6, 6.07) is 10.5. The van der Waals surface area contributed by atoms with Crippen molar-refractivity contribution in [3.8, 4) is 5.75 Å². The zero-order chi connectivity index (χ0) is 15.1. The van der Waals surface area contributed by atoms with Gasteiger partial charge < -0.3 is 9.15 Å². The van der Waals surface area contributed by atoms with Crippen LogP contribution in [0.1, 0.15) is 36.4 Å². The van der Waals surface area contributed by atoms with Crippen LogP contribution in [-0.4, -0.2) is 18.2 Å². The molecule has 110 valence electrons. The summed E-state index contributed by atoms with van der Waals surface area (Å²) < 4.78 is 10.7. The average molecular weight is 286 g/mol. The van der Waals surface area contributed by atoms with Gasteiger partial charge in [-0.2, -0.15) is 5.10 Å². The zero-order valence-corrected chi connectivity index (χ0v) is 12.1. The third-order valence-corrected chi connectivity index (χ3v) is 2.79. The third kappa shape index (κ3) is 4.21. The fourth-order valence-electron chi connectivity index (χ4n) is 1.66. The van der Waals surface area contributed by atoms with Crippen LogP contribution < -0.4 is 10.2 Å². The van der Waals surface area contributed by atoms with Crippen molar-refractivity contribution in [2.75, 3.05) is 6.61 Å². The van der Waals surface area contributed by atoms with E-state index in [2.05, 4.69) is 10.5 Å². The molecule has 0 aliphatic heterocycles. The molecular formula is C16H18N2O3. The molecule has 0 radical (unpaired) electrons. The van der Waals surface area contributed by atoms with E-state index in [9.17, 15) is 4.79 Å². The quantitative estimate of drug-likeness (QED) is 0.655. The smallest absolute Gasteiger partial charge is 0.271 e. The summed E-state index contributed by atoms with van der Waals surface area (Å²) in [6.07, 6.45) is 2.51. The Balaban J connectivity index is 1.95. The van der Waals surface area contributed by atoms with E-state index >= 15 is 0 Å². The van der Waals surface area contributed by atoms with E-state index in [-0.39, 0.29) is 5.91 Å². The maximum atomic E-state index is 12.0. The van der Waals surface area contributed by atoms with E-state index in [4.69, 9.17) is 9.15 Å². The number of hydrazone groups is 1. The fraction of sp³-hybridized carbons (Fsp3) is 0.250. The minimum absolute atomic E-state index is 0.275. The molecule has 21 heavy (non-hydrogen) atoms. The third-order valence-electron chi connectivity index (χ3n) is 2.79. The number of ether oxygens (including phenoxy) is 1. The maximum absolute atomic E-state index is 12.0. The van der Waals surface area contributed by atoms with Gasteiger partial charge in [0.15, 0.2) is 0 Å². The van der Waals surface area contributed by atoms with Crippen LogP contribution in [0.25, 0.3) is 0 Å². The molecule has 2 rings (SSSR count). The molecule has 1 N–H and O–H groups in total. The molecule has 5 heteroatoms. The van der Waals surface area contributed by atoms with Crippen molar-refractivity contribution < 1.29 is 13.9 Å². The van der Waals surface area contributed by atoms with Crippen LogP contribution in [-0.2, 0) is 0 Å². The standard InChI is InChI=1S/C16H18N2O3/c1-3-10-20-14-8-6-13(7-9-14)16(19)18-17-12(2)15-5-4-11-21-15/h4-9,11H,3,10H2,1-2H3,(H,18,19)/b17-12-. The Hall–Kier alpha value is -2.56. The Morgan fingerprint density at radius 1 is 1.29 bits per heavy atom. The largest absolute Gasteiger partial charge is 0.494 e. The van der Waals surface area contributed by atoms with Crippen molar-refractivity contribution in [2.45, 2.75) is 20.3 Å². The molecule has 1 amide bonds. The van der Waals surface area contributed by atoms with Gasteiger partial charge in [0, 0.05) is 5.56 Å². The Morgan fingerprint density at radius 2 is 2.05 bits per heavy atom. The van der Waals surface area contributed by atoms with Gasteiger partial charge in [0.05, 0.1) is 12.9 Å². The van der Waals surface area contributed by atoms with E-state index < -0.39 is 0 Å². The molecule has 0 bridgehead atoms. The number of hydrogen-bond donors (Lipinski definition) is 1. The normalized spacial score (nSPS) is 11.2. The van der Waals surface area contributed by atoms with Crippen molar-refractivity contribution in [1.82, 2.24) is 5.43 Å². The molecule has 0 saturated carbocycles. The Morgan fingerprint density at radius 3 is 2.67 bits per heavy atom. The lowest BCUT2D eigenvalue weighted by Crippen LogP contribution is -2.19. The number of carbonyl (C=O) groups is 1. The summed E-state index contributed by atoms with van der Waals surface area (Å²) in [5.41, 5.74) is 3.63. The van der Waals surface area contributed by atoms with Crippen molar-refractivity contribution in [3.05, 3.63) is 54.0 Å². The number of amides is 1. The van der Waals surface area contributed by atoms with Gasteiger partial charge in [0.25, 0.3) is 5.91 Å². The number of nitrogens with one attached hydrogen (secondary N) is 1. The molecule has 0 atom stereocenters. The average Bonchev–Trinajstić information content (AvgIpc) is 3.05. The minimum Gasteiger partial charge on any atom is -0.494 e. The lowest BCUT2D eigenvalue weighted by Gasteiger charge is -2.05. The van der Waals surface area contributed by atoms with Crippen LogP contribution in [0.5, 0.6) is 5.75 Å². The minimum atomic E-state index is -0.275. The predicted octanol–water partition coefficient (Wildman–Crippen LogP) is 3.22. The molecule has 5 nitrogen and oxygen atoms in total. The first-order valence-corrected chi connectivity index (χ1v) is 6.82. The van der Waals surface area contributed by atoms with Gasteiger partial charge in [0.2, 0.25) is 0 Å². The second-order valence-corrected chi connectivity index (χ2v) is 4.49. The first-order chi connectivity index (χ1) is 10.2. The first-order valence-electron chi connectivity index (χ1n) is 6.82. The highest BCUT2D eigenvalue weighted by Gasteiger charge is 2.06. The Kier molecular flexibility index (Phi) is 5.15. The van der Waals surface area contributed by atoms with Gasteiger partial charge in [-0.25, -0.2) is 5.43 Å². The Labute approximate surface area is 123 Å². The molecule has 0 spiro atoms. The second-order valence-electron chi connectivity index (χ2n) is 4.49. The zero-order valence-electron chi connectivity index (χ0n) is 12.1. The van der Waals surface area contributed by atoms with Gasteiger partial charge in [-0.3, -0.25) is 4.79 Å². The summed E-state index contributed by atoms with van der Waals surface area (Å²) >= 11 is 0. The van der Waals surface area contributed by atoms with Crippen molar-refractivity contribution >= 4 is 11.6 Å². The molecule has 1 aromatic heterocycles. The highest BCUT2D eigenvalue weighted by Crippen LogP contribution is 2.12. The van der Waals surface area contributed by atoms with E-state index in [1.54, 1.807) is 49.6 Å². The monoisotopic (exact) mass is 286 g/mol. The first kappa shape index (κ1) is 14.8. The number of carbonyl (C=O) groups excluding carboxylic acids is 1. The number of nitrogens with zero attached hydrogens (tertiary/aromatic N) is 1. The highest BCUT2D eigenvalue weighted by atomic mass is 16.5. The summed E-state index contributed by atoms with van der Waals surface area (Å²) in [7, 11) is 0. The molecular weight excluding hydrogens is 268 g/mol. The SMILES string of the molecule is CCCOc1ccc(C(=O)N/N=C(/C)c2ccco2)cc1. The number of benzene rings is 1. The van der Waals surface area contributed by atoms with Gasteiger partial charge in [0.1, 0.15) is 17.2 Å². The highest BCUT2D eigenvalue weighted by molar-refractivity contribution is 5.99. The van der Waals surface area contributed by atoms with Crippen LogP contribution >= 0.6 is 0 Å². The van der Waals surface area contributed by atoms with E-state index in [1.807, 2.05) is 6.92 Å². The van der Waals surface area contributed by atoms with Gasteiger partial charge in [-0.05, 0) is 49.7 Å². The van der Waals surface area contributed by atoms with Crippen LogP contribution in [0, 0.1) is 0 Å².